The number of carbonyl (C=O) groups excluding carboxylic acids is 2. The van der Waals surface area contributed by atoms with Crippen molar-refractivity contribution in [1.82, 2.24) is 59.8 Å². The average molecular weight is 1750 g/mol. The van der Waals surface area contributed by atoms with E-state index in [0.29, 0.717) is 24.3 Å². The molecule has 0 aliphatic carbocycles. The van der Waals surface area contributed by atoms with Gasteiger partial charge in [-0.05, 0) is 181 Å². The summed E-state index contributed by atoms with van der Waals surface area (Å²) < 4.78 is 62.7. The molecule has 2 radical (unpaired) electrons. The van der Waals surface area contributed by atoms with Gasteiger partial charge in [-0.3, -0.25) is 0 Å². The summed E-state index contributed by atoms with van der Waals surface area (Å²) in [4.78, 5) is 68.5. The quantitative estimate of drug-likeness (QED) is 0.0398. The third kappa shape index (κ3) is 38.5. The van der Waals surface area contributed by atoms with Crippen LogP contribution in [0.25, 0.3) is 0 Å². The first-order valence-corrected chi connectivity index (χ1v) is 33.7. The fourth-order valence-electron chi connectivity index (χ4n) is 7.68. The monoisotopic (exact) mass is 1740 g/mol. The Labute approximate surface area is 685 Å². The largest absolute Gasteiger partial charge is 2.00 e. The van der Waals surface area contributed by atoms with Crippen LogP contribution in [0.4, 0.5) is 69.8 Å². The summed E-state index contributed by atoms with van der Waals surface area (Å²) in [5, 5.41) is 60.7. The van der Waals surface area contributed by atoms with Gasteiger partial charge in [-0.1, -0.05) is 96.4 Å². The number of carboxylic acid groups (broad SMARTS) is 2. The van der Waals surface area contributed by atoms with Gasteiger partial charge in [-0.25, -0.2) is 76.6 Å². The minimum absolute atomic E-state index is 0. The molecule has 14 rings (SSSR count). The summed E-state index contributed by atoms with van der Waals surface area (Å²) in [6.07, 6.45) is 20.9. The van der Waals surface area contributed by atoms with Crippen LogP contribution in [0.1, 0.15) is 20.7 Å². The molecule has 0 amide bonds. The number of carboxylic acids is 2. The Morgan fingerprint density at radius 3 is 0.482 bits per heavy atom. The Hall–Kier alpha value is -12.6. The number of hydrogen-bond acceptors (Lipinski definition) is 30. The standard InChI is InChI=1S/6C10H9N3.2C7H6O6S.4Cu.2H2O/c6*1-3-7-11-9(5-1)13-10-6-2-4-8-12-10;2*8-6-2-1-4(14(11,12)13)3-5(6)7(9)10;;;;;;/h6*1-8H,(H,11,12,13);2*1-3,8H,(H,9,10)(H,11,12,13);;;;;2*1H2/q;;;;;;;;2*+1;2*+2;;/p-6. The van der Waals surface area contributed by atoms with Crippen LogP contribution in [-0.2, 0) is 88.5 Å². The third-order valence-corrected chi connectivity index (χ3v) is 14.1. The molecule has 0 unspecified atom stereocenters. The molecule has 14 aromatic rings. The van der Waals surface area contributed by atoms with Crippen molar-refractivity contribution in [3.05, 3.63) is 340 Å². The van der Waals surface area contributed by atoms with Crippen LogP contribution in [0, 0.1) is 0 Å². The molecule has 0 bridgehead atoms. The van der Waals surface area contributed by atoms with Crippen molar-refractivity contribution in [3.63, 3.8) is 0 Å². The molecule has 12 heterocycles. The maximum Gasteiger partial charge on any atom is 2.00 e. The maximum absolute atomic E-state index is 10.8. The molecular formula is C74H64Cu4N18O14S2. The van der Waals surface area contributed by atoms with E-state index in [1.165, 1.54) is 0 Å². The summed E-state index contributed by atoms with van der Waals surface area (Å²) in [5.41, 5.74) is -1.69. The number of anilines is 12. The van der Waals surface area contributed by atoms with Gasteiger partial charge in [0, 0.05) is 74.4 Å². The van der Waals surface area contributed by atoms with Gasteiger partial charge in [-0.2, -0.15) is 0 Å². The zero-order valence-electron chi connectivity index (χ0n) is 57.5. The van der Waals surface area contributed by atoms with Gasteiger partial charge in [0.05, 0.1) is 21.7 Å². The normalized spacial score (nSPS) is 9.45. The van der Waals surface area contributed by atoms with E-state index in [1.54, 1.807) is 74.4 Å². The molecule has 2 aromatic carbocycles. The molecule has 0 fully saturated rings. The van der Waals surface area contributed by atoms with E-state index in [4.69, 9.17) is 0 Å². The van der Waals surface area contributed by atoms with Crippen molar-refractivity contribution in [1.29, 1.82) is 0 Å². The SMILES string of the molecule is O.O.O=C([O-])c1cc(S(=O)(=O)[O-])ccc1[O-].O=C([O-])c1cc(S(=O)(=O)[O-])ccc1[O-].[Cu+2].[Cu+2].[Cu+].[Cu+].c1ccc(Nc2ccccn2)nc1.c1ccc(Nc2ccccn2)nc1.c1ccc(Nc2ccccn2)nc1.c1ccc(Nc2ccccn2)nc1.c1ccc(Nc2ccccn2)nc1.c1ccc(Nc2ccccn2)nc1. The predicted molar refractivity (Wildman–Crippen MR) is 394 cm³/mol. The Morgan fingerprint density at radius 2 is 0.384 bits per heavy atom. The van der Waals surface area contributed by atoms with Crippen molar-refractivity contribution < 1.29 is 135 Å². The van der Waals surface area contributed by atoms with E-state index in [-0.39, 0.29) is 79.2 Å². The number of rotatable bonds is 16. The molecule has 0 aliphatic heterocycles. The summed E-state index contributed by atoms with van der Waals surface area (Å²) in [7, 11) is -9.51. The molecule has 0 atom stereocenters. The van der Waals surface area contributed by atoms with Crippen LogP contribution in [0.3, 0.4) is 0 Å². The minimum atomic E-state index is -4.76. The number of benzene rings is 2. The summed E-state index contributed by atoms with van der Waals surface area (Å²) in [6, 6.07) is 72.3. The zero-order chi connectivity index (χ0) is 75.5. The van der Waals surface area contributed by atoms with E-state index in [2.05, 4.69) is 91.7 Å². The molecule has 12 aromatic heterocycles. The van der Waals surface area contributed by atoms with Gasteiger partial charge in [0.2, 0.25) is 0 Å². The number of aromatic nitrogens is 12. The van der Waals surface area contributed by atoms with Gasteiger partial charge >= 0.3 is 68.3 Å². The molecule has 32 nitrogen and oxygen atoms in total. The number of aromatic carboxylic acids is 2. The van der Waals surface area contributed by atoms with E-state index >= 15 is 0 Å². The van der Waals surface area contributed by atoms with Crippen molar-refractivity contribution in [2.75, 3.05) is 31.9 Å². The first-order chi connectivity index (χ1) is 51.3. The smallest absolute Gasteiger partial charge is 0.872 e. The van der Waals surface area contributed by atoms with Crippen LogP contribution >= 0.6 is 0 Å². The van der Waals surface area contributed by atoms with Crippen molar-refractivity contribution >= 4 is 102 Å². The Kier molecular flexibility index (Phi) is 47.0. The molecule has 112 heavy (non-hydrogen) atoms. The number of pyridine rings is 12. The van der Waals surface area contributed by atoms with Crippen molar-refractivity contribution in [2.24, 2.45) is 0 Å². The number of nitrogens with one attached hydrogen (secondary N) is 6. The second-order valence-electron chi connectivity index (χ2n) is 20.1. The van der Waals surface area contributed by atoms with Crippen molar-refractivity contribution in [3.8, 4) is 11.5 Å². The third-order valence-electron chi connectivity index (χ3n) is 12.4. The molecule has 0 aliphatic rings. The summed E-state index contributed by atoms with van der Waals surface area (Å²) >= 11 is 0. The van der Waals surface area contributed by atoms with E-state index in [0.717, 1.165) is 81.9 Å². The van der Waals surface area contributed by atoms with Crippen LogP contribution in [0.5, 0.6) is 11.5 Å². The fourth-order valence-corrected chi connectivity index (χ4v) is 8.67. The van der Waals surface area contributed by atoms with E-state index in [1.807, 2.05) is 218 Å². The summed E-state index contributed by atoms with van der Waals surface area (Å²) in [5.74, 6) is 4.23. The van der Waals surface area contributed by atoms with Crippen LogP contribution < -0.4 is 52.3 Å². The number of nitrogens with zero attached hydrogens (tertiary/aromatic N) is 12. The molecule has 10 N–H and O–H groups in total. The van der Waals surface area contributed by atoms with Crippen molar-refractivity contribution in [2.45, 2.75) is 9.79 Å². The van der Waals surface area contributed by atoms with Gasteiger partial charge in [-0.15, -0.1) is 0 Å². The second-order valence-corrected chi connectivity index (χ2v) is 22.9. The minimum Gasteiger partial charge on any atom is -0.872 e. The van der Waals surface area contributed by atoms with E-state index in [9.17, 15) is 56.0 Å². The molecule has 0 saturated carbocycles. The molecule has 0 saturated heterocycles. The number of carbonyl (C=O) groups is 2. The molecule has 0 spiro atoms. The van der Waals surface area contributed by atoms with Gasteiger partial charge in [0.15, 0.2) is 0 Å². The first-order valence-electron chi connectivity index (χ1n) is 30.9. The zero-order valence-corrected chi connectivity index (χ0v) is 62.9. The predicted octanol–water partition coefficient (Wildman–Crippen LogP) is 7.72. The molecule has 38 heteroatoms. The number of hydrogen-bond donors (Lipinski definition) is 6. The average Bonchev–Trinajstić information content (AvgIpc) is 0.831. The van der Waals surface area contributed by atoms with Gasteiger partial charge in [0.1, 0.15) is 90.1 Å². The van der Waals surface area contributed by atoms with Gasteiger partial charge < -0.3 is 82.0 Å². The van der Waals surface area contributed by atoms with E-state index < -0.39 is 64.6 Å². The van der Waals surface area contributed by atoms with Gasteiger partial charge in [0.25, 0.3) is 0 Å². The first kappa shape index (κ1) is 97.4. The fraction of sp³-hybridized carbons (Fsp3) is 0. The van der Waals surface area contributed by atoms with Crippen LogP contribution in [0.15, 0.2) is 339 Å². The summed E-state index contributed by atoms with van der Waals surface area (Å²) in [6.45, 7) is 0. The molecular weight excluding hydrogens is 1680 g/mol. The van der Waals surface area contributed by atoms with Crippen LogP contribution in [0.2, 0.25) is 0 Å². The Morgan fingerprint density at radius 1 is 0.250 bits per heavy atom. The van der Waals surface area contributed by atoms with Crippen LogP contribution in [-0.4, -0.2) is 109 Å². The Balaban J connectivity index is 0.000000635. The Bertz CT molecular complexity index is 4190. The molecule has 590 valence electrons. The topological polar surface area (TPSA) is 531 Å². The maximum atomic E-state index is 10.8. The second kappa shape index (κ2) is 54.1.